The lowest BCUT2D eigenvalue weighted by atomic mass is 9.96. The van der Waals surface area contributed by atoms with Gasteiger partial charge in [-0.15, -0.1) is 24.0 Å². The van der Waals surface area contributed by atoms with Gasteiger partial charge in [-0.2, -0.15) is 0 Å². The highest BCUT2D eigenvalue weighted by atomic mass is 127. The van der Waals surface area contributed by atoms with Crippen molar-refractivity contribution in [3.8, 4) is 0 Å². The van der Waals surface area contributed by atoms with E-state index in [0.29, 0.717) is 18.3 Å². The van der Waals surface area contributed by atoms with E-state index in [1.165, 1.54) is 6.07 Å². The third-order valence-electron chi connectivity index (χ3n) is 4.93. The maximum Gasteiger partial charge on any atom is 0.191 e. The molecular weight excluding hydrogens is 472 g/mol. The van der Waals surface area contributed by atoms with Crippen molar-refractivity contribution >= 4 is 29.9 Å². The first-order valence-corrected chi connectivity index (χ1v) is 9.41. The fraction of sp³-hybridized carbons (Fsp3) is 0.476. The second-order valence-electron chi connectivity index (χ2n) is 7.41. The second-order valence-corrected chi connectivity index (χ2v) is 7.41. The number of nitrogens with zero attached hydrogens (tertiary/aromatic N) is 1. The van der Waals surface area contributed by atoms with Crippen LogP contribution in [0.2, 0.25) is 0 Å². The Labute approximate surface area is 182 Å². The van der Waals surface area contributed by atoms with Gasteiger partial charge in [0.2, 0.25) is 0 Å². The number of benzene rings is 1. The van der Waals surface area contributed by atoms with Crippen molar-refractivity contribution in [3.05, 3.63) is 58.8 Å². The van der Waals surface area contributed by atoms with Crippen LogP contribution in [0.15, 0.2) is 39.7 Å². The average Bonchev–Trinajstić information content (AvgIpc) is 3.27. The van der Waals surface area contributed by atoms with Gasteiger partial charge in [0.1, 0.15) is 22.9 Å². The summed E-state index contributed by atoms with van der Waals surface area (Å²) in [5.74, 6) is 2.08. The molecule has 0 spiro atoms. The maximum atomic E-state index is 14.0. The van der Waals surface area contributed by atoms with Crippen LogP contribution in [0.25, 0.3) is 0 Å². The third kappa shape index (κ3) is 5.26. The summed E-state index contributed by atoms with van der Waals surface area (Å²) in [6.45, 7) is 8.32. The molecular formula is C21H29FIN3O2. The van der Waals surface area contributed by atoms with Crippen molar-refractivity contribution < 1.29 is 13.9 Å². The SMILES string of the molecule is CCNC(=NCC(C)(O)c1cc(C)oc1C)NC1CC1c1ccccc1F.I. The Balaban J connectivity index is 0.00000280. The van der Waals surface area contributed by atoms with Gasteiger partial charge in [0.15, 0.2) is 5.96 Å². The van der Waals surface area contributed by atoms with E-state index in [4.69, 9.17) is 4.42 Å². The molecule has 0 radical (unpaired) electrons. The Hall–Kier alpha value is -1.61. The van der Waals surface area contributed by atoms with E-state index in [9.17, 15) is 9.50 Å². The van der Waals surface area contributed by atoms with Crippen molar-refractivity contribution in [2.45, 2.75) is 51.7 Å². The van der Waals surface area contributed by atoms with Crippen LogP contribution in [-0.2, 0) is 5.60 Å². The summed E-state index contributed by atoms with van der Waals surface area (Å²) in [7, 11) is 0. The molecule has 2 aromatic rings. The van der Waals surface area contributed by atoms with E-state index in [-0.39, 0.29) is 48.3 Å². The molecule has 5 nitrogen and oxygen atoms in total. The number of nitrogens with one attached hydrogen (secondary N) is 2. The van der Waals surface area contributed by atoms with Crippen LogP contribution < -0.4 is 10.6 Å². The number of hydrogen-bond donors (Lipinski definition) is 3. The predicted molar refractivity (Wildman–Crippen MR) is 120 cm³/mol. The standard InChI is InChI=1S/C21H28FN3O2.HI/c1-5-23-20(24-12-21(4,26)17-10-13(2)27-14(17)3)25-19-11-16(19)15-8-6-7-9-18(15)22;/h6-10,16,19,26H,5,11-12H2,1-4H3,(H2,23,24,25);1H. The highest BCUT2D eigenvalue weighted by molar-refractivity contribution is 14.0. The Morgan fingerprint density at radius 2 is 2.07 bits per heavy atom. The van der Waals surface area contributed by atoms with Gasteiger partial charge in [-0.05, 0) is 51.8 Å². The second kappa shape index (κ2) is 9.26. The van der Waals surface area contributed by atoms with Crippen molar-refractivity contribution in [1.29, 1.82) is 0 Å². The summed E-state index contributed by atoms with van der Waals surface area (Å²) in [5.41, 5.74) is 0.358. The Morgan fingerprint density at radius 1 is 1.36 bits per heavy atom. The molecule has 3 atom stereocenters. The summed E-state index contributed by atoms with van der Waals surface area (Å²) in [5, 5.41) is 17.4. The van der Waals surface area contributed by atoms with Gasteiger partial charge in [-0.25, -0.2) is 9.38 Å². The molecule has 1 heterocycles. The minimum atomic E-state index is -1.13. The van der Waals surface area contributed by atoms with Crippen LogP contribution >= 0.6 is 24.0 Å². The fourth-order valence-corrected chi connectivity index (χ4v) is 3.45. The average molecular weight is 501 g/mol. The molecule has 1 aliphatic carbocycles. The van der Waals surface area contributed by atoms with Gasteiger partial charge in [-0.1, -0.05) is 18.2 Å². The topological polar surface area (TPSA) is 69.8 Å². The van der Waals surface area contributed by atoms with E-state index in [1.807, 2.05) is 39.0 Å². The highest BCUT2D eigenvalue weighted by Crippen LogP contribution is 2.41. The number of furan rings is 1. The van der Waals surface area contributed by atoms with Gasteiger partial charge in [0, 0.05) is 24.1 Å². The van der Waals surface area contributed by atoms with Crippen molar-refractivity contribution in [2.75, 3.05) is 13.1 Å². The summed E-state index contributed by atoms with van der Waals surface area (Å²) >= 11 is 0. The molecule has 28 heavy (non-hydrogen) atoms. The van der Waals surface area contributed by atoms with Gasteiger partial charge < -0.3 is 20.2 Å². The predicted octanol–water partition coefficient (Wildman–Crippen LogP) is 3.97. The first-order chi connectivity index (χ1) is 12.8. The Kier molecular flexibility index (Phi) is 7.50. The summed E-state index contributed by atoms with van der Waals surface area (Å²) in [4.78, 5) is 4.55. The largest absolute Gasteiger partial charge is 0.466 e. The molecule has 154 valence electrons. The zero-order valence-corrected chi connectivity index (χ0v) is 19.1. The van der Waals surface area contributed by atoms with Gasteiger partial charge in [-0.3, -0.25) is 0 Å². The van der Waals surface area contributed by atoms with Crippen LogP contribution in [0.1, 0.15) is 48.8 Å². The Morgan fingerprint density at radius 3 is 2.68 bits per heavy atom. The quantitative estimate of drug-likeness (QED) is 0.319. The lowest BCUT2D eigenvalue weighted by Crippen LogP contribution is -2.40. The number of hydrogen-bond acceptors (Lipinski definition) is 3. The number of rotatable bonds is 6. The van der Waals surface area contributed by atoms with Crippen molar-refractivity contribution in [2.24, 2.45) is 4.99 Å². The molecule has 3 N–H and O–H groups in total. The molecule has 7 heteroatoms. The maximum absolute atomic E-state index is 14.0. The normalized spacial score (nSPS) is 20.9. The van der Waals surface area contributed by atoms with Gasteiger partial charge >= 0.3 is 0 Å². The number of aryl methyl sites for hydroxylation is 2. The van der Waals surface area contributed by atoms with E-state index in [0.717, 1.165) is 23.3 Å². The van der Waals surface area contributed by atoms with Crippen LogP contribution in [-0.4, -0.2) is 30.2 Å². The molecule has 1 aromatic heterocycles. The van der Waals surface area contributed by atoms with E-state index in [1.54, 1.807) is 13.0 Å². The molecule has 1 saturated carbocycles. The molecule has 1 fully saturated rings. The van der Waals surface area contributed by atoms with Crippen molar-refractivity contribution in [1.82, 2.24) is 10.6 Å². The molecule has 1 aromatic carbocycles. The first-order valence-electron chi connectivity index (χ1n) is 9.41. The fourth-order valence-electron chi connectivity index (χ4n) is 3.45. The van der Waals surface area contributed by atoms with Crippen LogP contribution in [0, 0.1) is 19.7 Å². The number of aliphatic imine (C=N–C) groups is 1. The molecule has 0 amide bonds. The van der Waals surface area contributed by atoms with Gasteiger partial charge in [0.25, 0.3) is 0 Å². The number of halogens is 2. The summed E-state index contributed by atoms with van der Waals surface area (Å²) in [6.07, 6.45) is 0.863. The Bertz CT molecular complexity index is 835. The molecule has 3 rings (SSSR count). The smallest absolute Gasteiger partial charge is 0.191 e. The van der Waals surface area contributed by atoms with Gasteiger partial charge in [0.05, 0.1) is 6.54 Å². The molecule has 0 aliphatic heterocycles. The van der Waals surface area contributed by atoms with E-state index in [2.05, 4.69) is 15.6 Å². The van der Waals surface area contributed by atoms with Crippen LogP contribution in [0.3, 0.4) is 0 Å². The zero-order valence-electron chi connectivity index (χ0n) is 16.8. The highest BCUT2D eigenvalue weighted by Gasteiger charge is 2.40. The molecule has 0 saturated heterocycles. The monoisotopic (exact) mass is 501 g/mol. The molecule has 1 aliphatic rings. The zero-order chi connectivity index (χ0) is 19.6. The molecule has 0 bridgehead atoms. The minimum absolute atomic E-state index is 0. The number of aliphatic hydroxyl groups is 1. The number of guanidine groups is 1. The minimum Gasteiger partial charge on any atom is -0.466 e. The summed E-state index contributed by atoms with van der Waals surface area (Å²) in [6, 6.07) is 8.88. The molecule has 3 unspecified atom stereocenters. The van der Waals surface area contributed by atoms with E-state index >= 15 is 0 Å². The lowest BCUT2D eigenvalue weighted by Gasteiger charge is -2.21. The van der Waals surface area contributed by atoms with Crippen molar-refractivity contribution in [3.63, 3.8) is 0 Å². The van der Waals surface area contributed by atoms with Crippen LogP contribution in [0.5, 0.6) is 0 Å². The third-order valence-corrected chi connectivity index (χ3v) is 4.93. The first kappa shape index (κ1) is 22.7. The summed E-state index contributed by atoms with van der Waals surface area (Å²) < 4.78 is 19.5. The lowest BCUT2D eigenvalue weighted by molar-refractivity contribution is 0.0657. The van der Waals surface area contributed by atoms with E-state index < -0.39 is 5.60 Å². The van der Waals surface area contributed by atoms with Crippen LogP contribution in [0.4, 0.5) is 4.39 Å².